The van der Waals surface area contributed by atoms with Crippen LogP contribution in [0.1, 0.15) is 10.4 Å². The van der Waals surface area contributed by atoms with E-state index in [0.29, 0.717) is 18.2 Å². The fraction of sp³-hybridized carbons (Fsp3) is 0.333. The molecule has 0 spiro atoms. The van der Waals surface area contributed by atoms with Crippen molar-refractivity contribution in [1.82, 2.24) is 0 Å². The quantitative estimate of drug-likeness (QED) is 0.471. The van der Waals surface area contributed by atoms with Gasteiger partial charge in [0.1, 0.15) is 5.56 Å². The maximum Gasteiger partial charge on any atom is 0.573 e. The van der Waals surface area contributed by atoms with E-state index >= 15 is 0 Å². The van der Waals surface area contributed by atoms with Gasteiger partial charge in [-0.25, -0.2) is 4.79 Å². The highest BCUT2D eigenvalue weighted by molar-refractivity contribution is 5.92. The number of aromatic carboxylic acids is 1. The monoisotopic (exact) mass is 400 g/mol. The summed E-state index contributed by atoms with van der Waals surface area (Å²) >= 11 is 0. The maximum atomic E-state index is 12.4. The van der Waals surface area contributed by atoms with E-state index in [1.807, 2.05) is 0 Å². The fourth-order valence-corrected chi connectivity index (χ4v) is 1.61. The van der Waals surface area contributed by atoms with Crippen molar-refractivity contribution in [3.63, 3.8) is 0 Å². The van der Waals surface area contributed by atoms with Gasteiger partial charge in [-0.3, -0.25) is 4.79 Å². The number of alkyl halides is 9. The molecule has 0 saturated heterocycles. The van der Waals surface area contributed by atoms with Gasteiger partial charge in [0.05, 0.1) is 0 Å². The normalized spacial score (nSPS) is 12.8. The lowest BCUT2D eigenvalue weighted by atomic mass is 10.1. The van der Waals surface area contributed by atoms with Gasteiger partial charge in [0.15, 0.2) is 11.5 Å². The average Bonchev–Trinajstić information content (AvgIpc) is 2.34. The van der Waals surface area contributed by atoms with Crippen molar-refractivity contribution in [1.29, 1.82) is 0 Å². The number of carboxylic acid groups (broad SMARTS) is 1. The molecule has 1 rings (SSSR count). The summed E-state index contributed by atoms with van der Waals surface area (Å²) in [6.07, 6.45) is -17.9. The Balaban J connectivity index is 3.37. The van der Waals surface area contributed by atoms with Gasteiger partial charge in [-0.2, -0.15) is 26.3 Å². The summed E-state index contributed by atoms with van der Waals surface area (Å²) in [6, 6.07) is 1.44. The number of carboxylic acids is 1. The van der Waals surface area contributed by atoms with Gasteiger partial charge in [0.2, 0.25) is 5.92 Å². The van der Waals surface area contributed by atoms with Crippen molar-refractivity contribution in [2.24, 2.45) is 5.92 Å². The SMILES string of the molecule is O=C(O)c1cccc(OC(=O)C(C(F)(F)F)C(F)(F)F)c1OC(F)(F)F. The molecule has 0 aliphatic carbocycles. The molecule has 0 aliphatic rings. The summed E-state index contributed by atoms with van der Waals surface area (Å²) in [6.45, 7) is 0. The second-order valence-electron chi connectivity index (χ2n) is 4.42. The second kappa shape index (κ2) is 6.92. The Hall–Kier alpha value is -2.67. The molecule has 5 nitrogen and oxygen atoms in total. The number of hydrogen-bond acceptors (Lipinski definition) is 4. The molecule has 14 heteroatoms. The van der Waals surface area contributed by atoms with Crippen molar-refractivity contribution in [3.05, 3.63) is 23.8 Å². The molecule has 1 aromatic carbocycles. The van der Waals surface area contributed by atoms with Gasteiger partial charge in [-0.15, -0.1) is 13.2 Å². The predicted molar refractivity (Wildman–Crippen MR) is 61.3 cm³/mol. The van der Waals surface area contributed by atoms with Crippen LogP contribution in [0, 0.1) is 5.92 Å². The summed E-state index contributed by atoms with van der Waals surface area (Å²) < 4.78 is 118. The molecule has 0 radical (unpaired) electrons. The zero-order chi connectivity index (χ0) is 20.5. The van der Waals surface area contributed by atoms with Crippen LogP contribution in [0.4, 0.5) is 39.5 Å². The van der Waals surface area contributed by atoms with Crippen LogP contribution in [0.5, 0.6) is 11.5 Å². The number of esters is 1. The number of benzene rings is 1. The van der Waals surface area contributed by atoms with Crippen molar-refractivity contribution >= 4 is 11.9 Å². The number of hydrogen-bond donors (Lipinski definition) is 1. The number of carbonyl (C=O) groups excluding carboxylic acids is 1. The zero-order valence-electron chi connectivity index (χ0n) is 11.8. The molecular formula is C12H5F9O5. The molecule has 0 amide bonds. The summed E-state index contributed by atoms with van der Waals surface area (Å²) in [5.41, 5.74) is -1.32. The Morgan fingerprint density at radius 3 is 1.81 bits per heavy atom. The minimum absolute atomic E-state index is 0.329. The molecule has 0 bridgehead atoms. The smallest absolute Gasteiger partial charge is 0.478 e. The number of rotatable bonds is 4. The summed E-state index contributed by atoms with van der Waals surface area (Å²) in [5.74, 6) is -13.1. The second-order valence-corrected chi connectivity index (χ2v) is 4.42. The molecule has 1 aromatic rings. The molecule has 0 aliphatic heterocycles. The Morgan fingerprint density at radius 2 is 1.42 bits per heavy atom. The number of carbonyl (C=O) groups is 2. The van der Waals surface area contributed by atoms with Crippen LogP contribution in [-0.2, 0) is 4.79 Å². The van der Waals surface area contributed by atoms with Gasteiger partial charge < -0.3 is 14.6 Å². The van der Waals surface area contributed by atoms with E-state index in [9.17, 15) is 49.1 Å². The lowest BCUT2D eigenvalue weighted by molar-refractivity contribution is -0.281. The Bertz CT molecular complexity index is 676. The molecule has 0 heterocycles. The number of ether oxygens (including phenoxy) is 2. The van der Waals surface area contributed by atoms with Gasteiger partial charge >= 0.3 is 30.7 Å². The largest absolute Gasteiger partial charge is 0.573 e. The molecule has 0 aromatic heterocycles. The van der Waals surface area contributed by atoms with Crippen LogP contribution in [0.25, 0.3) is 0 Å². The van der Waals surface area contributed by atoms with E-state index in [0.717, 1.165) is 0 Å². The number of para-hydroxylation sites is 1. The van der Waals surface area contributed by atoms with Crippen LogP contribution >= 0.6 is 0 Å². The minimum Gasteiger partial charge on any atom is -0.478 e. The Labute approximate surface area is 136 Å². The fourth-order valence-electron chi connectivity index (χ4n) is 1.61. The van der Waals surface area contributed by atoms with E-state index < -0.39 is 53.6 Å². The predicted octanol–water partition coefficient (Wildman–Crippen LogP) is 3.93. The topological polar surface area (TPSA) is 72.8 Å². The van der Waals surface area contributed by atoms with E-state index in [-0.39, 0.29) is 0 Å². The van der Waals surface area contributed by atoms with Crippen LogP contribution < -0.4 is 9.47 Å². The van der Waals surface area contributed by atoms with Gasteiger partial charge in [0, 0.05) is 0 Å². The summed E-state index contributed by atoms with van der Waals surface area (Å²) in [7, 11) is 0. The van der Waals surface area contributed by atoms with Crippen LogP contribution in [0.15, 0.2) is 18.2 Å². The molecule has 0 saturated carbocycles. The number of halogens is 9. The average molecular weight is 400 g/mol. The Morgan fingerprint density at radius 1 is 0.923 bits per heavy atom. The summed E-state index contributed by atoms with van der Waals surface area (Å²) in [4.78, 5) is 22.1. The van der Waals surface area contributed by atoms with E-state index in [1.54, 1.807) is 0 Å². The molecule has 1 N–H and O–H groups in total. The van der Waals surface area contributed by atoms with Crippen molar-refractivity contribution in [3.8, 4) is 11.5 Å². The maximum absolute atomic E-state index is 12.4. The molecule has 0 atom stereocenters. The third-order valence-electron chi connectivity index (χ3n) is 2.53. The minimum atomic E-state index is -6.16. The molecular weight excluding hydrogens is 395 g/mol. The van der Waals surface area contributed by atoms with Crippen LogP contribution in [-0.4, -0.2) is 35.8 Å². The molecule has 0 fully saturated rings. The van der Waals surface area contributed by atoms with Crippen molar-refractivity contribution < 1.29 is 63.7 Å². The summed E-state index contributed by atoms with van der Waals surface area (Å²) in [5, 5.41) is 8.74. The lowest BCUT2D eigenvalue weighted by Crippen LogP contribution is -2.44. The van der Waals surface area contributed by atoms with E-state index in [1.165, 1.54) is 0 Å². The first-order valence-corrected chi connectivity index (χ1v) is 6.01. The molecule has 146 valence electrons. The highest BCUT2D eigenvalue weighted by Crippen LogP contribution is 2.42. The van der Waals surface area contributed by atoms with Crippen molar-refractivity contribution in [2.45, 2.75) is 18.7 Å². The van der Waals surface area contributed by atoms with E-state index in [4.69, 9.17) is 5.11 Å². The van der Waals surface area contributed by atoms with E-state index in [2.05, 4.69) is 9.47 Å². The molecule has 0 unspecified atom stereocenters. The Kier molecular flexibility index (Phi) is 5.68. The first kappa shape index (κ1) is 21.4. The first-order valence-electron chi connectivity index (χ1n) is 6.01. The first-order chi connectivity index (χ1) is 11.5. The third kappa shape index (κ3) is 5.42. The third-order valence-corrected chi connectivity index (χ3v) is 2.53. The zero-order valence-corrected chi connectivity index (χ0v) is 11.8. The van der Waals surface area contributed by atoms with Crippen molar-refractivity contribution in [2.75, 3.05) is 0 Å². The van der Waals surface area contributed by atoms with Gasteiger partial charge in [0.25, 0.3) is 0 Å². The van der Waals surface area contributed by atoms with Crippen LogP contribution in [0.2, 0.25) is 0 Å². The standard InChI is InChI=1S/C12H5F9O5/c13-10(14,15)7(11(16,17)18)9(24)25-5-3-1-2-4(8(22)23)6(5)26-12(19,20)21/h1-3,7H,(H,22,23). The van der Waals surface area contributed by atoms with Gasteiger partial charge in [-0.1, -0.05) is 6.07 Å². The lowest BCUT2D eigenvalue weighted by Gasteiger charge is -2.22. The van der Waals surface area contributed by atoms with Gasteiger partial charge in [-0.05, 0) is 12.1 Å². The molecule has 26 heavy (non-hydrogen) atoms. The van der Waals surface area contributed by atoms with Crippen LogP contribution in [0.3, 0.4) is 0 Å². The highest BCUT2D eigenvalue weighted by Gasteiger charge is 2.62. The highest BCUT2D eigenvalue weighted by atomic mass is 19.4.